The number of aliphatic carboxylic acids is 1. The minimum atomic E-state index is -4.08. The number of hydrogen-bond donors (Lipinski definition) is 2. The number of benzene rings is 1. The molecule has 0 heterocycles. The van der Waals surface area contributed by atoms with Crippen LogP contribution in [0, 0.1) is 11.3 Å². The highest BCUT2D eigenvalue weighted by molar-refractivity contribution is 7.89. The van der Waals surface area contributed by atoms with E-state index in [-0.39, 0.29) is 15.5 Å². The number of carboxylic acid groups (broad SMARTS) is 1. The molecule has 18 heavy (non-hydrogen) atoms. The molecule has 0 amide bonds. The largest absolute Gasteiger partial charge is 0.480 e. The maximum Gasteiger partial charge on any atom is 0.321 e. The first-order chi connectivity index (χ1) is 8.27. The lowest BCUT2D eigenvalue weighted by Crippen LogP contribution is -2.38. The predicted octanol–water partition coefficient (Wildman–Crippen LogP) is 0.963. The van der Waals surface area contributed by atoms with E-state index in [1.54, 1.807) is 6.07 Å². The molecule has 1 rings (SSSR count). The van der Waals surface area contributed by atoms with Gasteiger partial charge in [0.2, 0.25) is 10.0 Å². The molecule has 96 valence electrons. The minimum absolute atomic E-state index is 0.0842. The van der Waals surface area contributed by atoms with Crippen molar-refractivity contribution < 1.29 is 18.3 Å². The Balaban J connectivity index is 3.21. The zero-order chi connectivity index (χ0) is 13.9. The smallest absolute Gasteiger partial charge is 0.321 e. The molecule has 0 unspecified atom stereocenters. The van der Waals surface area contributed by atoms with Crippen molar-refractivity contribution in [2.24, 2.45) is 0 Å². The Kier molecular flexibility index (Phi) is 4.29. The first-order valence-corrected chi connectivity index (χ1v) is 6.59. The molecule has 6 nitrogen and oxygen atoms in total. The zero-order valence-electron chi connectivity index (χ0n) is 9.21. The summed E-state index contributed by atoms with van der Waals surface area (Å²) in [6, 6.07) is 4.19. The number of sulfonamides is 1. The van der Waals surface area contributed by atoms with Crippen molar-refractivity contribution in [2.45, 2.75) is 17.9 Å². The third kappa shape index (κ3) is 3.20. The van der Waals surface area contributed by atoms with E-state index in [4.69, 9.17) is 22.0 Å². The Morgan fingerprint density at radius 2 is 2.17 bits per heavy atom. The van der Waals surface area contributed by atoms with E-state index in [9.17, 15) is 13.2 Å². The van der Waals surface area contributed by atoms with E-state index in [2.05, 4.69) is 0 Å². The van der Waals surface area contributed by atoms with Crippen LogP contribution in [-0.4, -0.2) is 25.5 Å². The van der Waals surface area contributed by atoms with E-state index < -0.39 is 22.0 Å². The number of rotatable bonds is 4. The summed E-state index contributed by atoms with van der Waals surface area (Å²) < 4.78 is 25.7. The van der Waals surface area contributed by atoms with Crippen LogP contribution in [0.3, 0.4) is 0 Å². The molecule has 0 fully saturated rings. The maximum atomic E-state index is 11.9. The summed E-state index contributed by atoms with van der Waals surface area (Å²) in [4.78, 5) is 10.3. The number of carboxylic acids is 1. The third-order valence-electron chi connectivity index (χ3n) is 2.05. The van der Waals surface area contributed by atoms with Crippen LogP contribution in [0.15, 0.2) is 23.1 Å². The number of nitriles is 1. The van der Waals surface area contributed by atoms with Gasteiger partial charge in [0.15, 0.2) is 0 Å². The fourth-order valence-electron chi connectivity index (χ4n) is 1.13. The maximum absolute atomic E-state index is 11.9. The minimum Gasteiger partial charge on any atom is -0.480 e. The van der Waals surface area contributed by atoms with E-state index in [1.807, 2.05) is 4.72 Å². The molecule has 0 saturated heterocycles. The van der Waals surface area contributed by atoms with Crippen LogP contribution in [0.2, 0.25) is 5.02 Å². The van der Waals surface area contributed by atoms with Crippen molar-refractivity contribution in [1.82, 2.24) is 4.72 Å². The van der Waals surface area contributed by atoms with Crippen molar-refractivity contribution in [3.05, 3.63) is 28.8 Å². The highest BCUT2D eigenvalue weighted by Gasteiger charge is 2.24. The van der Waals surface area contributed by atoms with E-state index in [0.717, 1.165) is 6.07 Å². The van der Waals surface area contributed by atoms with E-state index >= 15 is 0 Å². The molecule has 0 saturated carbocycles. The number of halogens is 1. The molecule has 0 spiro atoms. The molecule has 0 aliphatic carbocycles. The lowest BCUT2D eigenvalue weighted by Gasteiger charge is -2.11. The molecule has 0 radical (unpaired) electrons. The number of carbonyl (C=O) groups is 1. The fraction of sp³-hybridized carbons (Fsp3) is 0.200. The van der Waals surface area contributed by atoms with Crippen LogP contribution in [0.1, 0.15) is 12.5 Å². The van der Waals surface area contributed by atoms with Gasteiger partial charge in [-0.05, 0) is 25.1 Å². The van der Waals surface area contributed by atoms with Gasteiger partial charge in [0, 0.05) is 0 Å². The Bertz CT molecular complexity index is 621. The fourth-order valence-corrected chi connectivity index (χ4v) is 2.85. The topological polar surface area (TPSA) is 107 Å². The van der Waals surface area contributed by atoms with Crippen LogP contribution in [0.5, 0.6) is 0 Å². The Morgan fingerprint density at radius 3 is 2.67 bits per heavy atom. The summed E-state index contributed by atoms with van der Waals surface area (Å²) in [6.07, 6.45) is 0. The lowest BCUT2D eigenvalue weighted by molar-refractivity contribution is -0.138. The number of nitrogens with zero attached hydrogens (tertiary/aromatic N) is 1. The molecule has 0 aliphatic heterocycles. The summed E-state index contributed by atoms with van der Waals surface area (Å²) >= 11 is 5.72. The third-order valence-corrected chi connectivity index (χ3v) is 4.07. The number of hydrogen-bond acceptors (Lipinski definition) is 4. The van der Waals surface area contributed by atoms with Gasteiger partial charge in [-0.2, -0.15) is 9.98 Å². The first kappa shape index (κ1) is 14.4. The summed E-state index contributed by atoms with van der Waals surface area (Å²) in [5.41, 5.74) is 0.114. The second kappa shape index (κ2) is 5.35. The van der Waals surface area contributed by atoms with E-state index in [0.29, 0.717) is 0 Å². The average molecular weight is 289 g/mol. The van der Waals surface area contributed by atoms with Crippen LogP contribution >= 0.6 is 11.6 Å². The highest BCUT2D eigenvalue weighted by Crippen LogP contribution is 2.22. The van der Waals surface area contributed by atoms with Gasteiger partial charge in [-0.15, -0.1) is 0 Å². The molecular formula is C10H9ClN2O4S. The summed E-state index contributed by atoms with van der Waals surface area (Å²) in [6.45, 7) is 1.18. The van der Waals surface area contributed by atoms with Crippen molar-refractivity contribution >= 4 is 27.6 Å². The monoisotopic (exact) mass is 288 g/mol. The van der Waals surface area contributed by atoms with Gasteiger partial charge in [0.05, 0.1) is 16.7 Å². The zero-order valence-corrected chi connectivity index (χ0v) is 10.8. The Morgan fingerprint density at radius 1 is 1.56 bits per heavy atom. The summed E-state index contributed by atoms with van der Waals surface area (Å²) in [7, 11) is -4.08. The summed E-state index contributed by atoms with van der Waals surface area (Å²) in [5.74, 6) is -1.31. The second-order valence-electron chi connectivity index (χ2n) is 3.44. The van der Waals surface area contributed by atoms with Gasteiger partial charge >= 0.3 is 5.97 Å². The van der Waals surface area contributed by atoms with Crippen LogP contribution < -0.4 is 4.72 Å². The van der Waals surface area contributed by atoms with Gasteiger partial charge in [-0.1, -0.05) is 11.6 Å². The standard InChI is InChI=1S/C10H9ClN2O4S/c1-6(10(14)15)13-18(16,17)9-4-7(5-12)2-3-8(9)11/h2-4,6,13H,1H3,(H,14,15)/t6-/m1/s1. The van der Waals surface area contributed by atoms with Crippen molar-refractivity contribution in [2.75, 3.05) is 0 Å². The van der Waals surface area contributed by atoms with Gasteiger partial charge in [-0.25, -0.2) is 8.42 Å². The van der Waals surface area contributed by atoms with E-state index in [1.165, 1.54) is 19.1 Å². The lowest BCUT2D eigenvalue weighted by atomic mass is 10.2. The molecule has 0 bridgehead atoms. The quantitative estimate of drug-likeness (QED) is 0.858. The van der Waals surface area contributed by atoms with Crippen molar-refractivity contribution in [1.29, 1.82) is 5.26 Å². The van der Waals surface area contributed by atoms with Gasteiger partial charge in [0.25, 0.3) is 0 Å². The first-order valence-electron chi connectivity index (χ1n) is 4.72. The molecule has 0 aromatic heterocycles. The second-order valence-corrected chi connectivity index (χ2v) is 5.53. The average Bonchev–Trinajstić information content (AvgIpc) is 2.28. The molecule has 0 aliphatic rings. The summed E-state index contributed by atoms with van der Waals surface area (Å²) in [5, 5.41) is 17.3. The normalized spacial score (nSPS) is 12.7. The molecule has 1 aromatic rings. The number of nitrogens with one attached hydrogen (secondary N) is 1. The molecular weight excluding hydrogens is 280 g/mol. The van der Waals surface area contributed by atoms with Gasteiger partial charge in [0.1, 0.15) is 10.9 Å². The predicted molar refractivity (Wildman–Crippen MR) is 63.6 cm³/mol. The SMILES string of the molecule is C[C@@H](NS(=O)(=O)c1cc(C#N)ccc1Cl)C(=O)O. The molecule has 1 aromatic carbocycles. The molecule has 2 N–H and O–H groups in total. The van der Waals surface area contributed by atoms with Crippen LogP contribution in [-0.2, 0) is 14.8 Å². The van der Waals surface area contributed by atoms with Gasteiger partial charge < -0.3 is 5.11 Å². The Hall–Kier alpha value is -1.62. The van der Waals surface area contributed by atoms with Gasteiger partial charge in [-0.3, -0.25) is 4.79 Å². The van der Waals surface area contributed by atoms with Crippen molar-refractivity contribution in [3.8, 4) is 6.07 Å². The van der Waals surface area contributed by atoms with Crippen molar-refractivity contribution in [3.63, 3.8) is 0 Å². The van der Waals surface area contributed by atoms with Crippen LogP contribution in [0.4, 0.5) is 0 Å². The highest BCUT2D eigenvalue weighted by atomic mass is 35.5. The van der Waals surface area contributed by atoms with Crippen LogP contribution in [0.25, 0.3) is 0 Å². The molecule has 1 atom stereocenters. The molecule has 8 heteroatoms. The Labute approximate surface area is 109 Å².